The highest BCUT2D eigenvalue weighted by Gasteiger charge is 2.03. The second-order valence-corrected chi connectivity index (χ2v) is 4.11. The van der Waals surface area contributed by atoms with Crippen LogP contribution in [0.2, 0.25) is 0 Å². The molecule has 2 aromatic heterocycles. The van der Waals surface area contributed by atoms with Gasteiger partial charge in [0, 0.05) is 31.7 Å². The first-order valence-electron chi connectivity index (χ1n) is 5.90. The second kappa shape index (κ2) is 5.82. The molecule has 0 amide bonds. The van der Waals surface area contributed by atoms with Crippen LogP contribution in [-0.2, 0) is 13.1 Å². The molecule has 0 saturated carbocycles. The summed E-state index contributed by atoms with van der Waals surface area (Å²) in [6.07, 6.45) is 8.28. The zero-order chi connectivity index (χ0) is 13.7. The topological polar surface area (TPSA) is 96.5 Å². The van der Waals surface area contributed by atoms with E-state index in [4.69, 9.17) is 5.26 Å². The Morgan fingerprint density at radius 2 is 2.11 bits per heavy atom. The summed E-state index contributed by atoms with van der Waals surface area (Å²) < 4.78 is 3.31. The molecule has 7 nitrogen and oxygen atoms in total. The van der Waals surface area contributed by atoms with Gasteiger partial charge in [-0.2, -0.15) is 5.26 Å². The molecule has 19 heavy (non-hydrogen) atoms. The molecule has 0 unspecified atom stereocenters. The molecule has 0 bridgehead atoms. The van der Waals surface area contributed by atoms with Crippen molar-refractivity contribution in [1.29, 1.82) is 5.26 Å². The Kier molecular flexibility index (Phi) is 3.93. The lowest BCUT2D eigenvalue weighted by molar-refractivity contribution is 0.536. The first-order chi connectivity index (χ1) is 9.20. The molecule has 0 aliphatic carbocycles. The molecule has 0 aliphatic heterocycles. The molecule has 0 atom stereocenters. The maximum Gasteiger partial charge on any atom is 0.328 e. The molecule has 0 saturated heterocycles. The fourth-order valence-electron chi connectivity index (χ4n) is 1.75. The zero-order valence-electron chi connectivity index (χ0n) is 10.2. The van der Waals surface area contributed by atoms with E-state index in [0.29, 0.717) is 6.54 Å². The van der Waals surface area contributed by atoms with Crippen LogP contribution in [0.25, 0.3) is 0 Å². The van der Waals surface area contributed by atoms with E-state index in [0.717, 1.165) is 19.4 Å². The van der Waals surface area contributed by atoms with Crippen molar-refractivity contribution >= 4 is 0 Å². The number of aromatic amines is 1. The standard InChI is InChI=1S/C12H13N5O2/c13-7-10-8-17(12(19)15-11(10)18)5-2-1-4-16-6-3-14-9-16/h3,6,8-9H,1-2,4-5H2,(H,15,18,19). The number of H-pyrrole nitrogens is 1. The molecule has 0 spiro atoms. The second-order valence-electron chi connectivity index (χ2n) is 4.11. The van der Waals surface area contributed by atoms with Gasteiger partial charge in [-0.05, 0) is 12.8 Å². The summed E-state index contributed by atoms with van der Waals surface area (Å²) in [5.41, 5.74) is -1.16. The number of nitrogens with zero attached hydrogens (tertiary/aromatic N) is 4. The summed E-state index contributed by atoms with van der Waals surface area (Å²) in [5.74, 6) is 0. The van der Waals surface area contributed by atoms with Crippen molar-refractivity contribution in [3.63, 3.8) is 0 Å². The van der Waals surface area contributed by atoms with Gasteiger partial charge in [0.25, 0.3) is 5.56 Å². The van der Waals surface area contributed by atoms with E-state index in [1.165, 1.54) is 10.8 Å². The third kappa shape index (κ3) is 3.19. The van der Waals surface area contributed by atoms with Gasteiger partial charge in [0.15, 0.2) is 0 Å². The molecule has 0 aromatic carbocycles. The number of unbranched alkanes of at least 4 members (excludes halogenated alkanes) is 1. The van der Waals surface area contributed by atoms with Crippen LogP contribution in [0.1, 0.15) is 18.4 Å². The van der Waals surface area contributed by atoms with Crippen molar-refractivity contribution in [2.24, 2.45) is 0 Å². The summed E-state index contributed by atoms with van der Waals surface area (Å²) in [7, 11) is 0. The average Bonchev–Trinajstić information content (AvgIpc) is 2.90. The number of nitriles is 1. The Hall–Kier alpha value is -2.62. The van der Waals surface area contributed by atoms with Crippen LogP contribution in [0.4, 0.5) is 0 Å². The first-order valence-corrected chi connectivity index (χ1v) is 5.90. The highest BCUT2D eigenvalue weighted by Crippen LogP contribution is 1.97. The van der Waals surface area contributed by atoms with Crippen molar-refractivity contribution in [3.05, 3.63) is 51.3 Å². The molecule has 2 rings (SSSR count). The maximum atomic E-state index is 11.5. The lowest BCUT2D eigenvalue weighted by atomic mass is 10.3. The smallest absolute Gasteiger partial charge is 0.328 e. The number of nitrogens with one attached hydrogen (secondary N) is 1. The van der Waals surface area contributed by atoms with Gasteiger partial charge in [-0.15, -0.1) is 0 Å². The Balaban J connectivity index is 1.95. The summed E-state index contributed by atoms with van der Waals surface area (Å²) >= 11 is 0. The monoisotopic (exact) mass is 259 g/mol. The van der Waals surface area contributed by atoms with Gasteiger partial charge in [-0.3, -0.25) is 14.3 Å². The molecule has 2 heterocycles. The van der Waals surface area contributed by atoms with Crippen LogP contribution in [0.15, 0.2) is 34.5 Å². The fourth-order valence-corrected chi connectivity index (χ4v) is 1.75. The summed E-state index contributed by atoms with van der Waals surface area (Å²) in [6.45, 7) is 1.29. The Labute approximate surface area is 108 Å². The average molecular weight is 259 g/mol. The lowest BCUT2D eigenvalue weighted by Gasteiger charge is -2.05. The number of imidazole rings is 1. The molecule has 0 fully saturated rings. The molecule has 98 valence electrons. The van der Waals surface area contributed by atoms with E-state index in [2.05, 4.69) is 9.97 Å². The minimum Gasteiger partial charge on any atom is -0.337 e. The first kappa shape index (κ1) is 12.8. The van der Waals surface area contributed by atoms with Crippen LogP contribution in [0.3, 0.4) is 0 Å². The number of hydrogen-bond acceptors (Lipinski definition) is 4. The SMILES string of the molecule is N#Cc1cn(CCCCn2ccnc2)c(=O)[nH]c1=O. The maximum absolute atomic E-state index is 11.5. The van der Waals surface area contributed by atoms with Gasteiger partial charge in [0.2, 0.25) is 0 Å². The minimum atomic E-state index is -0.637. The predicted octanol–water partition coefficient (Wildman–Crippen LogP) is 0.0852. The van der Waals surface area contributed by atoms with Gasteiger partial charge < -0.3 is 4.57 Å². The van der Waals surface area contributed by atoms with Gasteiger partial charge in [-0.25, -0.2) is 9.78 Å². The summed E-state index contributed by atoms with van der Waals surface area (Å²) in [5, 5.41) is 8.73. The van der Waals surface area contributed by atoms with E-state index < -0.39 is 11.2 Å². The Morgan fingerprint density at radius 1 is 1.32 bits per heavy atom. The predicted molar refractivity (Wildman–Crippen MR) is 67.5 cm³/mol. The number of aromatic nitrogens is 4. The zero-order valence-corrected chi connectivity index (χ0v) is 10.2. The van der Waals surface area contributed by atoms with Crippen molar-refractivity contribution in [1.82, 2.24) is 19.1 Å². The van der Waals surface area contributed by atoms with Crippen LogP contribution >= 0.6 is 0 Å². The van der Waals surface area contributed by atoms with Gasteiger partial charge in [-0.1, -0.05) is 0 Å². The van der Waals surface area contributed by atoms with Gasteiger partial charge >= 0.3 is 5.69 Å². The van der Waals surface area contributed by atoms with Crippen molar-refractivity contribution in [2.45, 2.75) is 25.9 Å². The normalized spacial score (nSPS) is 10.3. The lowest BCUT2D eigenvalue weighted by Crippen LogP contribution is -2.31. The molecule has 0 aliphatic rings. The molecular formula is C12H13N5O2. The largest absolute Gasteiger partial charge is 0.337 e. The van der Waals surface area contributed by atoms with Crippen LogP contribution in [-0.4, -0.2) is 19.1 Å². The number of hydrogen-bond donors (Lipinski definition) is 1. The van der Waals surface area contributed by atoms with Crippen molar-refractivity contribution in [2.75, 3.05) is 0 Å². The highest BCUT2D eigenvalue weighted by molar-refractivity contribution is 5.21. The molecule has 1 N–H and O–H groups in total. The van der Waals surface area contributed by atoms with Crippen LogP contribution in [0, 0.1) is 11.3 Å². The van der Waals surface area contributed by atoms with Crippen molar-refractivity contribution < 1.29 is 0 Å². The molecule has 7 heteroatoms. The van der Waals surface area contributed by atoms with E-state index in [1.807, 2.05) is 10.8 Å². The third-order valence-corrected chi connectivity index (χ3v) is 2.76. The highest BCUT2D eigenvalue weighted by atomic mass is 16.2. The summed E-state index contributed by atoms with van der Waals surface area (Å²) in [4.78, 5) is 28.8. The molecule has 0 radical (unpaired) electrons. The third-order valence-electron chi connectivity index (χ3n) is 2.76. The minimum absolute atomic E-state index is 0.0470. The number of rotatable bonds is 5. The molecule has 2 aromatic rings. The Bertz CT molecular complexity index is 690. The van der Waals surface area contributed by atoms with E-state index in [-0.39, 0.29) is 5.56 Å². The van der Waals surface area contributed by atoms with Crippen LogP contribution < -0.4 is 11.2 Å². The quantitative estimate of drug-likeness (QED) is 0.769. The van der Waals surface area contributed by atoms with Crippen molar-refractivity contribution in [3.8, 4) is 6.07 Å². The summed E-state index contributed by atoms with van der Waals surface area (Å²) in [6, 6.07) is 1.76. The number of aryl methyl sites for hydroxylation is 2. The van der Waals surface area contributed by atoms with Gasteiger partial charge in [0.1, 0.15) is 11.6 Å². The van der Waals surface area contributed by atoms with E-state index in [9.17, 15) is 9.59 Å². The van der Waals surface area contributed by atoms with Crippen LogP contribution in [0.5, 0.6) is 0 Å². The fraction of sp³-hybridized carbons (Fsp3) is 0.333. The molecular weight excluding hydrogens is 246 g/mol. The van der Waals surface area contributed by atoms with E-state index in [1.54, 1.807) is 18.6 Å². The Morgan fingerprint density at radius 3 is 2.79 bits per heavy atom. The van der Waals surface area contributed by atoms with E-state index >= 15 is 0 Å². The van der Waals surface area contributed by atoms with Gasteiger partial charge in [0.05, 0.1) is 6.33 Å².